The standard InChI is InChI=1S/C22H17N5O2/c1-2-15-6-5-9-19(24-15)26-21(28)14-12-27(13-14)20-16-7-3-4-8-18(16)25-22(29)17(20)10-11-23/h1,3-9,14H,10,12-13H2,(H,25,29)(H,24,26,28). The molecule has 1 fully saturated rings. The number of para-hydroxylation sites is 1. The summed E-state index contributed by atoms with van der Waals surface area (Å²) in [6.45, 7) is 0.902. The highest BCUT2D eigenvalue weighted by Gasteiger charge is 2.35. The molecule has 1 amide bonds. The van der Waals surface area contributed by atoms with Crippen molar-refractivity contribution in [3.8, 4) is 18.4 Å². The Labute approximate surface area is 167 Å². The van der Waals surface area contributed by atoms with Crippen molar-refractivity contribution in [1.29, 1.82) is 5.26 Å². The third-order valence-corrected chi connectivity index (χ3v) is 4.96. The third-order valence-electron chi connectivity index (χ3n) is 4.96. The van der Waals surface area contributed by atoms with Gasteiger partial charge in [-0.25, -0.2) is 4.98 Å². The number of rotatable bonds is 4. The number of H-pyrrole nitrogens is 1. The number of terminal acetylenes is 1. The van der Waals surface area contributed by atoms with E-state index in [9.17, 15) is 9.59 Å². The van der Waals surface area contributed by atoms with Gasteiger partial charge in [-0.1, -0.05) is 30.2 Å². The number of aromatic nitrogens is 2. The third kappa shape index (κ3) is 3.42. The number of anilines is 2. The fourth-order valence-electron chi connectivity index (χ4n) is 3.51. The second-order valence-electron chi connectivity index (χ2n) is 6.81. The van der Waals surface area contributed by atoms with E-state index in [-0.39, 0.29) is 23.8 Å². The zero-order valence-corrected chi connectivity index (χ0v) is 15.5. The number of hydrogen-bond acceptors (Lipinski definition) is 5. The summed E-state index contributed by atoms with van der Waals surface area (Å²) in [5.74, 6) is 2.45. The molecule has 0 aliphatic carbocycles. The first-order valence-corrected chi connectivity index (χ1v) is 9.11. The van der Waals surface area contributed by atoms with Crippen LogP contribution in [0, 0.1) is 29.6 Å². The van der Waals surface area contributed by atoms with E-state index in [1.54, 1.807) is 18.2 Å². The van der Waals surface area contributed by atoms with Crippen molar-refractivity contribution < 1.29 is 4.79 Å². The molecule has 0 spiro atoms. The van der Waals surface area contributed by atoms with Crippen LogP contribution in [0.1, 0.15) is 11.3 Å². The molecule has 7 nitrogen and oxygen atoms in total. The fourth-order valence-corrected chi connectivity index (χ4v) is 3.51. The monoisotopic (exact) mass is 383 g/mol. The number of hydrogen-bond donors (Lipinski definition) is 2. The molecule has 2 N–H and O–H groups in total. The lowest BCUT2D eigenvalue weighted by atomic mass is 9.95. The first-order valence-electron chi connectivity index (χ1n) is 9.11. The maximum Gasteiger partial charge on any atom is 0.254 e. The van der Waals surface area contributed by atoms with Crippen LogP contribution in [0.4, 0.5) is 11.5 Å². The molecule has 1 aliphatic rings. The highest BCUT2D eigenvalue weighted by atomic mass is 16.2. The number of carbonyl (C=O) groups is 1. The average molecular weight is 383 g/mol. The van der Waals surface area contributed by atoms with Gasteiger partial charge in [-0.3, -0.25) is 9.59 Å². The molecule has 29 heavy (non-hydrogen) atoms. The Balaban J connectivity index is 1.56. The molecule has 0 radical (unpaired) electrons. The summed E-state index contributed by atoms with van der Waals surface area (Å²) in [4.78, 5) is 34.0. The zero-order valence-electron chi connectivity index (χ0n) is 15.5. The van der Waals surface area contributed by atoms with Crippen molar-refractivity contribution in [2.45, 2.75) is 6.42 Å². The summed E-state index contributed by atoms with van der Waals surface area (Å²) in [6, 6.07) is 14.6. The molecule has 1 aromatic carbocycles. The lowest BCUT2D eigenvalue weighted by molar-refractivity contribution is -0.120. The lowest BCUT2D eigenvalue weighted by Gasteiger charge is -2.41. The Morgan fingerprint density at radius 1 is 1.28 bits per heavy atom. The van der Waals surface area contributed by atoms with Crippen molar-refractivity contribution in [2.75, 3.05) is 23.3 Å². The summed E-state index contributed by atoms with van der Waals surface area (Å²) < 4.78 is 0. The minimum atomic E-state index is -0.275. The van der Waals surface area contributed by atoms with Crippen molar-refractivity contribution in [3.63, 3.8) is 0 Å². The second-order valence-corrected chi connectivity index (χ2v) is 6.81. The van der Waals surface area contributed by atoms with Crippen LogP contribution >= 0.6 is 0 Å². The lowest BCUT2D eigenvalue weighted by Crippen LogP contribution is -2.53. The van der Waals surface area contributed by atoms with Gasteiger partial charge in [0.05, 0.1) is 35.2 Å². The van der Waals surface area contributed by atoms with E-state index in [0.717, 1.165) is 11.1 Å². The van der Waals surface area contributed by atoms with Crippen molar-refractivity contribution in [1.82, 2.24) is 9.97 Å². The number of benzene rings is 1. The van der Waals surface area contributed by atoms with Gasteiger partial charge in [-0.15, -0.1) is 6.42 Å². The van der Waals surface area contributed by atoms with Crippen LogP contribution in [0.3, 0.4) is 0 Å². The normalized spacial score (nSPS) is 13.4. The van der Waals surface area contributed by atoms with Gasteiger partial charge in [0.1, 0.15) is 11.5 Å². The van der Waals surface area contributed by atoms with Crippen molar-refractivity contribution >= 4 is 28.3 Å². The summed E-state index contributed by atoms with van der Waals surface area (Å²) in [6.07, 6.45) is 5.35. The first kappa shape index (κ1) is 18.3. The summed E-state index contributed by atoms with van der Waals surface area (Å²) in [5, 5.41) is 12.8. The molecule has 4 rings (SSSR count). The number of carbonyl (C=O) groups excluding carboxylic acids is 1. The van der Waals surface area contributed by atoms with Crippen LogP contribution in [0.5, 0.6) is 0 Å². The van der Waals surface area contributed by atoms with Crippen LogP contribution in [-0.4, -0.2) is 29.0 Å². The molecule has 1 saturated heterocycles. The van der Waals surface area contributed by atoms with Crippen LogP contribution in [0.25, 0.3) is 10.9 Å². The number of pyridine rings is 2. The predicted octanol–water partition coefficient (Wildman–Crippen LogP) is 2.05. The molecule has 2 aromatic heterocycles. The van der Waals surface area contributed by atoms with E-state index in [0.29, 0.717) is 35.7 Å². The van der Waals surface area contributed by atoms with Gasteiger partial charge in [0.25, 0.3) is 5.56 Å². The SMILES string of the molecule is C#Cc1cccc(NC(=O)C2CN(c3c(CC#N)c(=O)[nH]c4ccccc34)C2)n1. The van der Waals surface area contributed by atoms with Gasteiger partial charge in [-0.05, 0) is 18.2 Å². The summed E-state index contributed by atoms with van der Waals surface area (Å²) in [5.41, 5.74) is 2.03. The molecule has 3 heterocycles. The van der Waals surface area contributed by atoms with Crippen LogP contribution in [0.15, 0.2) is 47.3 Å². The maximum atomic E-state index is 12.6. The predicted molar refractivity (Wildman–Crippen MR) is 110 cm³/mol. The first-order chi connectivity index (χ1) is 14.1. The molecule has 142 valence electrons. The number of aromatic amines is 1. The average Bonchev–Trinajstić information content (AvgIpc) is 2.69. The molecule has 7 heteroatoms. The summed E-state index contributed by atoms with van der Waals surface area (Å²) in [7, 11) is 0. The Morgan fingerprint density at radius 3 is 2.83 bits per heavy atom. The molecule has 0 atom stereocenters. The number of amides is 1. The van der Waals surface area contributed by atoms with E-state index >= 15 is 0 Å². The quantitative estimate of drug-likeness (QED) is 0.672. The topological polar surface area (TPSA) is 102 Å². The highest BCUT2D eigenvalue weighted by Crippen LogP contribution is 2.33. The Hall–Kier alpha value is -4.10. The van der Waals surface area contributed by atoms with Crippen LogP contribution in [-0.2, 0) is 11.2 Å². The number of nitrogens with one attached hydrogen (secondary N) is 2. The van der Waals surface area contributed by atoms with Gasteiger partial charge in [0, 0.05) is 18.5 Å². The molecule has 3 aromatic rings. The van der Waals surface area contributed by atoms with Gasteiger partial charge in [-0.2, -0.15) is 5.26 Å². The molecule has 1 aliphatic heterocycles. The number of fused-ring (bicyclic) bond motifs is 1. The molecular formula is C22H17N5O2. The van der Waals surface area contributed by atoms with E-state index in [1.165, 1.54) is 0 Å². The minimum absolute atomic E-state index is 0.00562. The van der Waals surface area contributed by atoms with E-state index in [4.69, 9.17) is 11.7 Å². The van der Waals surface area contributed by atoms with Gasteiger partial charge < -0.3 is 15.2 Å². The molecule has 0 bridgehead atoms. The Morgan fingerprint density at radius 2 is 2.07 bits per heavy atom. The minimum Gasteiger partial charge on any atom is -0.369 e. The highest BCUT2D eigenvalue weighted by molar-refractivity contribution is 5.97. The van der Waals surface area contributed by atoms with E-state index in [2.05, 4.69) is 27.3 Å². The zero-order chi connectivity index (χ0) is 20.4. The maximum absolute atomic E-state index is 12.6. The Kier molecular flexibility index (Phi) is 4.72. The fraction of sp³-hybridized carbons (Fsp3) is 0.182. The van der Waals surface area contributed by atoms with Gasteiger partial charge in [0.2, 0.25) is 5.91 Å². The van der Waals surface area contributed by atoms with Crippen molar-refractivity contribution in [3.05, 3.63) is 64.1 Å². The van der Waals surface area contributed by atoms with Gasteiger partial charge in [0.15, 0.2) is 0 Å². The smallest absolute Gasteiger partial charge is 0.254 e. The van der Waals surface area contributed by atoms with E-state index in [1.807, 2.05) is 29.2 Å². The van der Waals surface area contributed by atoms with Crippen molar-refractivity contribution in [2.24, 2.45) is 5.92 Å². The molecule has 0 saturated carbocycles. The van der Waals surface area contributed by atoms with Gasteiger partial charge >= 0.3 is 0 Å². The number of nitriles is 1. The van der Waals surface area contributed by atoms with Crippen LogP contribution in [0.2, 0.25) is 0 Å². The van der Waals surface area contributed by atoms with Crippen LogP contribution < -0.4 is 15.8 Å². The number of nitrogens with zero attached hydrogens (tertiary/aromatic N) is 3. The Bertz CT molecular complexity index is 1240. The molecular weight excluding hydrogens is 366 g/mol. The molecule has 0 unspecified atom stereocenters. The summed E-state index contributed by atoms with van der Waals surface area (Å²) >= 11 is 0. The van der Waals surface area contributed by atoms with E-state index < -0.39 is 0 Å². The second kappa shape index (κ2) is 7.49. The largest absolute Gasteiger partial charge is 0.369 e.